The van der Waals surface area contributed by atoms with Crippen molar-refractivity contribution in [3.05, 3.63) is 0 Å². The smallest absolute Gasteiger partial charge is 0.0935 e. The molecule has 0 spiro atoms. The van der Waals surface area contributed by atoms with Crippen LogP contribution in [0.3, 0.4) is 0 Å². The summed E-state index contributed by atoms with van der Waals surface area (Å²) in [6.45, 7) is 6.21. The monoisotopic (exact) mass is 148 g/mol. The lowest BCUT2D eigenvalue weighted by Gasteiger charge is -2.11. The van der Waals surface area contributed by atoms with Crippen molar-refractivity contribution in [1.29, 1.82) is 0 Å². The summed E-state index contributed by atoms with van der Waals surface area (Å²) >= 11 is 0. The summed E-state index contributed by atoms with van der Waals surface area (Å²) in [7, 11) is 1.42. The second-order valence-electron chi connectivity index (χ2n) is 2.77. The van der Waals surface area contributed by atoms with Gasteiger partial charge >= 0.3 is 0 Å². The van der Waals surface area contributed by atoms with Crippen LogP contribution in [0.1, 0.15) is 27.2 Å². The highest BCUT2D eigenvalue weighted by molar-refractivity contribution is 4.50. The molecule has 3 heteroatoms. The summed E-state index contributed by atoms with van der Waals surface area (Å²) in [5, 5.41) is 4.30. The topological polar surface area (TPSA) is 27.7 Å². The molecule has 0 aromatic rings. The molecule has 0 aliphatic rings. The van der Waals surface area contributed by atoms with Crippen molar-refractivity contribution < 1.29 is 14.8 Å². The Labute approximate surface area is 62.1 Å². The van der Waals surface area contributed by atoms with Gasteiger partial charge < -0.3 is 0 Å². The van der Waals surface area contributed by atoms with Crippen molar-refractivity contribution in [3.8, 4) is 0 Å². The van der Waals surface area contributed by atoms with Crippen LogP contribution >= 0.6 is 0 Å². The molecule has 0 aromatic carbocycles. The Morgan fingerprint density at radius 2 is 1.80 bits per heavy atom. The molecule has 0 saturated heterocycles. The third-order valence-electron chi connectivity index (χ3n) is 1.07. The van der Waals surface area contributed by atoms with Gasteiger partial charge in [0, 0.05) is 0 Å². The zero-order valence-corrected chi connectivity index (χ0v) is 7.09. The highest BCUT2D eigenvalue weighted by Gasteiger charge is 2.05. The van der Waals surface area contributed by atoms with Crippen LogP contribution in [0.2, 0.25) is 0 Å². The van der Waals surface area contributed by atoms with Crippen LogP contribution in [-0.2, 0) is 14.8 Å². The van der Waals surface area contributed by atoms with E-state index in [2.05, 4.69) is 23.8 Å². The van der Waals surface area contributed by atoms with Gasteiger partial charge in [-0.05, 0) is 19.3 Å². The fourth-order valence-electron chi connectivity index (χ4n) is 0.809. The molecule has 0 fully saturated rings. The van der Waals surface area contributed by atoms with E-state index in [0.29, 0.717) is 5.92 Å². The molecule has 1 atom stereocenters. The Morgan fingerprint density at radius 1 is 1.20 bits per heavy atom. The van der Waals surface area contributed by atoms with Gasteiger partial charge in [-0.3, -0.25) is 0 Å². The molecule has 0 saturated carbocycles. The molecule has 0 rings (SSSR count). The first-order valence-electron chi connectivity index (χ1n) is 3.53. The Morgan fingerprint density at radius 3 is 2.20 bits per heavy atom. The van der Waals surface area contributed by atoms with Gasteiger partial charge in [-0.1, -0.05) is 18.9 Å². The third-order valence-corrected chi connectivity index (χ3v) is 1.07. The molecule has 0 bridgehead atoms. The van der Waals surface area contributed by atoms with E-state index in [1.165, 1.54) is 7.11 Å². The number of rotatable bonds is 5. The largest absolute Gasteiger partial charge is 0.210 e. The van der Waals surface area contributed by atoms with E-state index in [1.807, 2.05) is 6.92 Å². The van der Waals surface area contributed by atoms with E-state index >= 15 is 0 Å². The third kappa shape index (κ3) is 6.01. The second kappa shape index (κ2) is 5.65. The number of hydrogen-bond acceptors (Lipinski definition) is 3. The van der Waals surface area contributed by atoms with E-state index in [-0.39, 0.29) is 6.10 Å². The predicted octanol–water partition coefficient (Wildman–Crippen LogP) is 1.93. The van der Waals surface area contributed by atoms with Crippen molar-refractivity contribution in [2.75, 3.05) is 7.11 Å². The Balaban J connectivity index is 3.16. The van der Waals surface area contributed by atoms with E-state index in [4.69, 9.17) is 4.89 Å². The minimum Gasteiger partial charge on any atom is -0.210 e. The maximum absolute atomic E-state index is 4.78. The SMILES string of the molecule is COOOC(C)CC(C)C. The summed E-state index contributed by atoms with van der Waals surface area (Å²) in [6.07, 6.45) is 1.07. The van der Waals surface area contributed by atoms with Gasteiger partial charge in [0.25, 0.3) is 0 Å². The molecule has 0 amide bonds. The lowest BCUT2D eigenvalue weighted by molar-refractivity contribution is -0.516. The quantitative estimate of drug-likeness (QED) is 0.440. The van der Waals surface area contributed by atoms with Crippen LogP contribution in [-0.4, -0.2) is 13.2 Å². The minimum atomic E-state index is 0.0972. The molecule has 0 aliphatic heterocycles. The molecule has 0 heterocycles. The summed E-state index contributed by atoms with van der Waals surface area (Å²) in [6, 6.07) is 0. The van der Waals surface area contributed by atoms with Gasteiger partial charge in [-0.25, -0.2) is 9.78 Å². The van der Waals surface area contributed by atoms with Gasteiger partial charge in [0.2, 0.25) is 0 Å². The van der Waals surface area contributed by atoms with E-state index < -0.39 is 0 Å². The van der Waals surface area contributed by atoms with Gasteiger partial charge in [-0.2, -0.15) is 0 Å². The van der Waals surface area contributed by atoms with Gasteiger partial charge in [0.1, 0.15) is 0 Å². The maximum Gasteiger partial charge on any atom is 0.0935 e. The van der Waals surface area contributed by atoms with Crippen LogP contribution in [0.25, 0.3) is 0 Å². The summed E-state index contributed by atoms with van der Waals surface area (Å²) in [5.41, 5.74) is 0. The first kappa shape index (κ1) is 9.88. The normalized spacial score (nSPS) is 14.1. The molecule has 3 nitrogen and oxygen atoms in total. The molecule has 0 aliphatic carbocycles. The van der Waals surface area contributed by atoms with Crippen LogP contribution in [0, 0.1) is 5.92 Å². The minimum absolute atomic E-state index is 0.0972. The van der Waals surface area contributed by atoms with Crippen molar-refractivity contribution in [1.82, 2.24) is 0 Å². The average Bonchev–Trinajstić information content (AvgIpc) is 1.82. The van der Waals surface area contributed by atoms with Gasteiger partial charge in [-0.15, -0.1) is 0 Å². The lowest BCUT2D eigenvalue weighted by Crippen LogP contribution is -2.11. The zero-order chi connectivity index (χ0) is 7.98. The Hall–Kier alpha value is -0.120. The predicted molar refractivity (Wildman–Crippen MR) is 38.1 cm³/mol. The molecule has 62 valence electrons. The molecule has 10 heavy (non-hydrogen) atoms. The highest BCUT2D eigenvalue weighted by Crippen LogP contribution is 2.07. The highest BCUT2D eigenvalue weighted by atomic mass is 17.5. The van der Waals surface area contributed by atoms with Gasteiger partial charge in [0.15, 0.2) is 0 Å². The number of hydrogen-bond donors (Lipinski definition) is 0. The molecular weight excluding hydrogens is 132 g/mol. The molecular formula is C7H16O3. The molecule has 0 aromatic heterocycles. The van der Waals surface area contributed by atoms with Crippen molar-refractivity contribution >= 4 is 0 Å². The maximum atomic E-state index is 4.78. The molecule has 0 radical (unpaired) electrons. The van der Waals surface area contributed by atoms with Crippen molar-refractivity contribution in [3.63, 3.8) is 0 Å². The zero-order valence-electron chi connectivity index (χ0n) is 7.09. The van der Waals surface area contributed by atoms with Crippen molar-refractivity contribution in [2.24, 2.45) is 5.92 Å². The van der Waals surface area contributed by atoms with Crippen LogP contribution in [0.5, 0.6) is 0 Å². The summed E-state index contributed by atoms with van der Waals surface area (Å²) < 4.78 is 0. The van der Waals surface area contributed by atoms with E-state index in [9.17, 15) is 0 Å². The average molecular weight is 148 g/mol. The lowest BCUT2D eigenvalue weighted by atomic mass is 10.1. The Kier molecular flexibility index (Phi) is 5.58. The Bertz CT molecular complexity index is 73.3. The summed E-state index contributed by atoms with van der Waals surface area (Å²) in [4.78, 5) is 9.05. The first-order chi connectivity index (χ1) is 4.66. The van der Waals surface area contributed by atoms with E-state index in [1.54, 1.807) is 0 Å². The second-order valence-corrected chi connectivity index (χ2v) is 2.77. The van der Waals surface area contributed by atoms with Gasteiger partial charge in [0.05, 0.1) is 13.2 Å². The van der Waals surface area contributed by atoms with Crippen LogP contribution in [0.15, 0.2) is 0 Å². The van der Waals surface area contributed by atoms with E-state index in [0.717, 1.165) is 6.42 Å². The summed E-state index contributed by atoms with van der Waals surface area (Å²) in [5.74, 6) is 0.621. The standard InChI is InChI=1S/C7H16O3/c1-6(2)5-7(3)9-10-8-4/h6-7H,5H2,1-4H3. The van der Waals surface area contributed by atoms with Crippen LogP contribution < -0.4 is 0 Å². The molecule has 1 unspecified atom stereocenters. The van der Waals surface area contributed by atoms with Crippen LogP contribution in [0.4, 0.5) is 0 Å². The first-order valence-corrected chi connectivity index (χ1v) is 3.53. The molecule has 0 N–H and O–H groups in total. The van der Waals surface area contributed by atoms with Crippen molar-refractivity contribution in [2.45, 2.75) is 33.3 Å². The fourth-order valence-corrected chi connectivity index (χ4v) is 0.809. The fraction of sp³-hybridized carbons (Fsp3) is 1.00.